The molecule has 1 aromatic rings. The van der Waals surface area contributed by atoms with Gasteiger partial charge in [0, 0.05) is 0 Å². The van der Waals surface area contributed by atoms with Crippen molar-refractivity contribution in [3.8, 4) is 5.75 Å². The van der Waals surface area contributed by atoms with Gasteiger partial charge in [-0.05, 0) is 55.9 Å². The molecule has 0 bridgehead atoms. The van der Waals surface area contributed by atoms with Gasteiger partial charge in [-0.2, -0.15) is 0 Å². The Labute approximate surface area is 96.6 Å². The lowest BCUT2D eigenvalue weighted by Gasteiger charge is -2.27. The van der Waals surface area contributed by atoms with E-state index in [9.17, 15) is 4.39 Å². The number of aryl methyl sites for hydroxylation is 1. The fourth-order valence-corrected chi connectivity index (χ4v) is 2.41. The van der Waals surface area contributed by atoms with Crippen molar-refractivity contribution in [1.82, 2.24) is 0 Å². The molecule has 0 radical (unpaired) electrons. The maximum atomic E-state index is 12.9. The molecule has 0 saturated heterocycles. The van der Waals surface area contributed by atoms with E-state index < -0.39 is 0 Å². The van der Waals surface area contributed by atoms with Gasteiger partial charge in [0.05, 0.1) is 6.10 Å². The summed E-state index contributed by atoms with van der Waals surface area (Å²) >= 11 is 0. The van der Waals surface area contributed by atoms with Gasteiger partial charge in [-0.3, -0.25) is 0 Å². The van der Waals surface area contributed by atoms with Crippen molar-refractivity contribution < 1.29 is 9.13 Å². The second-order valence-corrected chi connectivity index (χ2v) is 4.92. The smallest absolute Gasteiger partial charge is 0.123 e. The van der Waals surface area contributed by atoms with Crippen LogP contribution in [0.3, 0.4) is 0 Å². The number of benzene rings is 1. The third-order valence-electron chi connectivity index (χ3n) is 3.32. The van der Waals surface area contributed by atoms with Gasteiger partial charge in [-0.15, -0.1) is 0 Å². The molecule has 1 nitrogen and oxygen atoms in total. The standard InChI is InChI=1S/C14H19FO/c1-10-4-3-5-13(8-10)16-14-7-6-12(15)9-11(14)2/h6-7,9-10,13H,3-5,8H2,1-2H3. The lowest BCUT2D eigenvalue weighted by Crippen LogP contribution is -2.24. The zero-order chi connectivity index (χ0) is 11.5. The normalized spacial score (nSPS) is 25.4. The first-order valence-corrected chi connectivity index (χ1v) is 6.08. The highest BCUT2D eigenvalue weighted by Gasteiger charge is 2.20. The van der Waals surface area contributed by atoms with Crippen molar-refractivity contribution in [2.45, 2.75) is 45.6 Å². The molecular formula is C14H19FO. The topological polar surface area (TPSA) is 9.23 Å². The van der Waals surface area contributed by atoms with Gasteiger partial charge < -0.3 is 4.74 Å². The third kappa shape index (κ3) is 2.75. The summed E-state index contributed by atoms with van der Waals surface area (Å²) in [6, 6.07) is 4.74. The van der Waals surface area contributed by atoms with Gasteiger partial charge in [0.15, 0.2) is 0 Å². The summed E-state index contributed by atoms with van der Waals surface area (Å²) in [6.45, 7) is 4.16. The van der Waals surface area contributed by atoms with E-state index in [1.165, 1.54) is 25.0 Å². The van der Waals surface area contributed by atoms with E-state index >= 15 is 0 Å². The van der Waals surface area contributed by atoms with E-state index in [4.69, 9.17) is 4.74 Å². The average molecular weight is 222 g/mol. The highest BCUT2D eigenvalue weighted by molar-refractivity contribution is 5.32. The Morgan fingerprint density at radius 3 is 2.81 bits per heavy atom. The van der Waals surface area contributed by atoms with Crippen LogP contribution in [-0.4, -0.2) is 6.10 Å². The first kappa shape index (κ1) is 11.4. The van der Waals surface area contributed by atoms with Crippen LogP contribution in [0.1, 0.15) is 38.2 Å². The number of ether oxygens (including phenoxy) is 1. The van der Waals surface area contributed by atoms with Gasteiger partial charge in [-0.1, -0.05) is 13.3 Å². The quantitative estimate of drug-likeness (QED) is 0.732. The molecule has 1 aromatic carbocycles. The first-order chi connectivity index (χ1) is 7.65. The van der Waals surface area contributed by atoms with E-state index in [1.54, 1.807) is 6.07 Å². The summed E-state index contributed by atoms with van der Waals surface area (Å²) < 4.78 is 18.9. The second kappa shape index (κ2) is 4.86. The van der Waals surface area contributed by atoms with E-state index in [1.807, 2.05) is 6.92 Å². The molecule has 0 aromatic heterocycles. The Hall–Kier alpha value is -1.05. The maximum Gasteiger partial charge on any atom is 0.123 e. The molecule has 88 valence electrons. The largest absolute Gasteiger partial charge is 0.490 e. The summed E-state index contributed by atoms with van der Waals surface area (Å²) in [5.41, 5.74) is 0.887. The van der Waals surface area contributed by atoms with Gasteiger partial charge >= 0.3 is 0 Å². The summed E-state index contributed by atoms with van der Waals surface area (Å²) in [6.07, 6.45) is 5.11. The van der Waals surface area contributed by atoms with Gasteiger partial charge in [0.2, 0.25) is 0 Å². The lowest BCUT2D eigenvalue weighted by atomic mass is 9.88. The fraction of sp³-hybridized carbons (Fsp3) is 0.571. The zero-order valence-corrected chi connectivity index (χ0v) is 10.0. The molecule has 1 saturated carbocycles. The molecule has 2 heteroatoms. The summed E-state index contributed by atoms with van der Waals surface area (Å²) in [5.74, 6) is 1.39. The van der Waals surface area contributed by atoms with Crippen molar-refractivity contribution in [3.63, 3.8) is 0 Å². The summed E-state index contributed by atoms with van der Waals surface area (Å²) in [7, 11) is 0. The van der Waals surface area contributed by atoms with Crippen LogP contribution in [0.25, 0.3) is 0 Å². The van der Waals surface area contributed by atoms with Gasteiger partial charge in [0.25, 0.3) is 0 Å². The number of hydrogen-bond donors (Lipinski definition) is 0. The van der Waals surface area contributed by atoms with E-state index in [0.29, 0.717) is 6.10 Å². The van der Waals surface area contributed by atoms with E-state index in [0.717, 1.165) is 30.1 Å². The highest BCUT2D eigenvalue weighted by atomic mass is 19.1. The Morgan fingerprint density at radius 1 is 1.31 bits per heavy atom. The van der Waals surface area contributed by atoms with Crippen LogP contribution in [0, 0.1) is 18.7 Å². The minimum Gasteiger partial charge on any atom is -0.490 e. The van der Waals surface area contributed by atoms with Gasteiger partial charge in [0.1, 0.15) is 11.6 Å². The van der Waals surface area contributed by atoms with E-state index in [-0.39, 0.29) is 5.82 Å². The predicted molar refractivity (Wildman–Crippen MR) is 63.2 cm³/mol. The monoisotopic (exact) mass is 222 g/mol. The van der Waals surface area contributed by atoms with Crippen LogP contribution in [0.4, 0.5) is 4.39 Å². The minimum atomic E-state index is -0.193. The highest BCUT2D eigenvalue weighted by Crippen LogP contribution is 2.28. The molecular weight excluding hydrogens is 203 g/mol. The number of hydrogen-bond acceptors (Lipinski definition) is 1. The Bertz CT molecular complexity index is 362. The predicted octanol–water partition coefficient (Wildman–Crippen LogP) is 4.09. The molecule has 1 fully saturated rings. The first-order valence-electron chi connectivity index (χ1n) is 6.08. The molecule has 2 rings (SSSR count). The number of halogens is 1. The van der Waals surface area contributed by atoms with Crippen LogP contribution in [0.2, 0.25) is 0 Å². The molecule has 1 aliphatic carbocycles. The Morgan fingerprint density at radius 2 is 2.12 bits per heavy atom. The van der Waals surface area contributed by atoms with Crippen molar-refractivity contribution in [2.24, 2.45) is 5.92 Å². The van der Waals surface area contributed by atoms with Crippen LogP contribution in [0.5, 0.6) is 5.75 Å². The second-order valence-electron chi connectivity index (χ2n) is 4.92. The molecule has 2 atom stereocenters. The van der Waals surface area contributed by atoms with Crippen LogP contribution < -0.4 is 4.74 Å². The van der Waals surface area contributed by atoms with E-state index in [2.05, 4.69) is 6.92 Å². The SMILES string of the molecule is Cc1cc(F)ccc1OC1CCCC(C)C1. The molecule has 0 amide bonds. The average Bonchev–Trinajstić information content (AvgIpc) is 2.22. The van der Waals surface area contributed by atoms with Crippen LogP contribution in [-0.2, 0) is 0 Å². The molecule has 0 N–H and O–H groups in total. The molecule has 1 aliphatic rings. The van der Waals surface area contributed by atoms with Crippen molar-refractivity contribution in [1.29, 1.82) is 0 Å². The molecule has 2 unspecified atom stereocenters. The Kier molecular flexibility index (Phi) is 3.47. The molecule has 0 aliphatic heterocycles. The fourth-order valence-electron chi connectivity index (χ4n) is 2.41. The van der Waals surface area contributed by atoms with Crippen molar-refractivity contribution in [3.05, 3.63) is 29.6 Å². The molecule has 16 heavy (non-hydrogen) atoms. The molecule has 0 spiro atoms. The summed E-state index contributed by atoms with van der Waals surface area (Å²) in [4.78, 5) is 0. The number of rotatable bonds is 2. The Balaban J connectivity index is 2.02. The maximum absolute atomic E-state index is 12.9. The third-order valence-corrected chi connectivity index (χ3v) is 3.32. The van der Waals surface area contributed by atoms with Crippen molar-refractivity contribution >= 4 is 0 Å². The van der Waals surface area contributed by atoms with Crippen LogP contribution >= 0.6 is 0 Å². The van der Waals surface area contributed by atoms with Crippen LogP contribution in [0.15, 0.2) is 18.2 Å². The van der Waals surface area contributed by atoms with Crippen molar-refractivity contribution in [2.75, 3.05) is 0 Å². The minimum absolute atomic E-state index is 0.193. The lowest BCUT2D eigenvalue weighted by molar-refractivity contribution is 0.128. The summed E-state index contributed by atoms with van der Waals surface area (Å²) in [5, 5.41) is 0. The van der Waals surface area contributed by atoms with Gasteiger partial charge in [-0.25, -0.2) is 4.39 Å². The zero-order valence-electron chi connectivity index (χ0n) is 10.0. The molecule has 0 heterocycles.